The van der Waals surface area contributed by atoms with E-state index in [1.54, 1.807) is 0 Å². The minimum Gasteiger partial charge on any atom is -0.294 e. The van der Waals surface area contributed by atoms with Gasteiger partial charge in [0.2, 0.25) is 5.78 Å². The average molecular weight is 252 g/mol. The van der Waals surface area contributed by atoms with E-state index in [0.717, 1.165) is 0 Å². The van der Waals surface area contributed by atoms with Gasteiger partial charge in [0.05, 0.1) is 12.0 Å². The molecule has 2 nitrogen and oxygen atoms in total. The summed E-state index contributed by atoms with van der Waals surface area (Å²) in [7, 11) is 0. The predicted octanol–water partition coefficient (Wildman–Crippen LogP) is 2.67. The van der Waals surface area contributed by atoms with Crippen LogP contribution in [0, 0.1) is 11.6 Å². The molecular weight excluding hydrogens is 247 g/mol. The summed E-state index contributed by atoms with van der Waals surface area (Å²) in [6.45, 7) is 0. The third kappa shape index (κ3) is 3.33. The summed E-state index contributed by atoms with van der Waals surface area (Å²) in [6, 6.07) is 1.76. The second kappa shape index (κ2) is 4.60. The van der Waals surface area contributed by atoms with Crippen LogP contribution in [0.1, 0.15) is 16.8 Å². The number of alkyl halides is 3. The van der Waals surface area contributed by atoms with Crippen molar-refractivity contribution >= 4 is 11.6 Å². The molecule has 1 rings (SSSR count). The maximum atomic E-state index is 13.0. The van der Waals surface area contributed by atoms with Gasteiger partial charge < -0.3 is 0 Å². The Morgan fingerprint density at radius 1 is 1.12 bits per heavy atom. The molecule has 7 heteroatoms. The molecule has 0 aliphatic heterocycles. The Balaban J connectivity index is 2.88. The summed E-state index contributed by atoms with van der Waals surface area (Å²) in [4.78, 5) is 21.6. The van der Waals surface area contributed by atoms with Crippen LogP contribution >= 0.6 is 0 Å². The van der Waals surface area contributed by atoms with Gasteiger partial charge in [0.25, 0.3) is 0 Å². The summed E-state index contributed by atoms with van der Waals surface area (Å²) in [5.41, 5.74) is -0.746. The lowest BCUT2D eigenvalue weighted by Crippen LogP contribution is -2.25. The first kappa shape index (κ1) is 13.3. The highest BCUT2D eigenvalue weighted by Gasteiger charge is 2.39. The quantitative estimate of drug-likeness (QED) is 0.471. The van der Waals surface area contributed by atoms with E-state index in [1.807, 2.05) is 0 Å². The molecule has 0 atom stereocenters. The second-order valence-electron chi connectivity index (χ2n) is 3.15. The van der Waals surface area contributed by atoms with Gasteiger partial charge in [0.1, 0.15) is 11.6 Å². The molecular formula is C10H5F5O2. The van der Waals surface area contributed by atoms with Gasteiger partial charge in [-0.05, 0) is 12.1 Å². The van der Waals surface area contributed by atoms with Crippen molar-refractivity contribution in [2.75, 3.05) is 0 Å². The molecule has 0 bridgehead atoms. The van der Waals surface area contributed by atoms with E-state index >= 15 is 0 Å². The van der Waals surface area contributed by atoms with Crippen LogP contribution in [0.3, 0.4) is 0 Å². The Labute approximate surface area is 92.0 Å². The summed E-state index contributed by atoms with van der Waals surface area (Å²) >= 11 is 0. The molecule has 1 aromatic carbocycles. The lowest BCUT2D eigenvalue weighted by atomic mass is 10.1. The zero-order chi connectivity index (χ0) is 13.2. The fraction of sp³-hybridized carbons (Fsp3) is 0.200. The van der Waals surface area contributed by atoms with Crippen molar-refractivity contribution < 1.29 is 31.5 Å². The Hall–Kier alpha value is -1.79. The largest absolute Gasteiger partial charge is 0.450 e. The number of rotatable bonds is 3. The number of hydrogen-bond donors (Lipinski definition) is 0. The summed E-state index contributed by atoms with van der Waals surface area (Å²) in [5, 5.41) is 0. The van der Waals surface area contributed by atoms with Crippen LogP contribution in [-0.2, 0) is 4.79 Å². The van der Waals surface area contributed by atoms with Crippen LogP contribution in [0.4, 0.5) is 22.0 Å². The number of hydrogen-bond acceptors (Lipinski definition) is 2. The first-order chi connectivity index (χ1) is 7.71. The fourth-order valence-corrected chi connectivity index (χ4v) is 1.06. The molecule has 0 saturated heterocycles. The Kier molecular flexibility index (Phi) is 3.59. The fourth-order valence-electron chi connectivity index (χ4n) is 1.06. The van der Waals surface area contributed by atoms with Crippen LogP contribution in [0.25, 0.3) is 0 Å². The minimum absolute atomic E-state index is 0.352. The van der Waals surface area contributed by atoms with E-state index in [1.165, 1.54) is 0 Å². The highest BCUT2D eigenvalue weighted by molar-refractivity contribution is 6.09. The highest BCUT2D eigenvalue weighted by atomic mass is 19.4. The van der Waals surface area contributed by atoms with Gasteiger partial charge >= 0.3 is 6.18 Å². The van der Waals surface area contributed by atoms with E-state index in [9.17, 15) is 31.5 Å². The normalized spacial score (nSPS) is 11.4. The molecule has 0 fully saturated rings. The van der Waals surface area contributed by atoms with Crippen LogP contribution in [0.5, 0.6) is 0 Å². The van der Waals surface area contributed by atoms with Crippen molar-refractivity contribution in [3.8, 4) is 0 Å². The molecule has 0 unspecified atom stereocenters. The minimum atomic E-state index is -5.15. The molecule has 0 saturated carbocycles. The second-order valence-corrected chi connectivity index (χ2v) is 3.15. The molecule has 1 aromatic rings. The summed E-state index contributed by atoms with van der Waals surface area (Å²) in [6.07, 6.45) is -6.64. The Morgan fingerprint density at radius 3 is 2.18 bits per heavy atom. The van der Waals surface area contributed by atoms with Gasteiger partial charge in [-0.25, -0.2) is 8.78 Å². The third-order valence-corrected chi connectivity index (χ3v) is 1.87. The van der Waals surface area contributed by atoms with Crippen LogP contribution in [-0.4, -0.2) is 17.7 Å². The lowest BCUT2D eigenvalue weighted by Gasteiger charge is -2.05. The summed E-state index contributed by atoms with van der Waals surface area (Å²) in [5.74, 6) is -5.89. The molecule has 0 heterocycles. The number of carbonyl (C=O) groups excluding carboxylic acids is 2. The first-order valence-corrected chi connectivity index (χ1v) is 4.30. The van der Waals surface area contributed by atoms with Crippen LogP contribution in [0.2, 0.25) is 0 Å². The smallest absolute Gasteiger partial charge is 0.294 e. The number of halogens is 5. The lowest BCUT2D eigenvalue weighted by molar-refractivity contribution is -0.170. The Bertz CT molecular complexity index is 464. The average Bonchev–Trinajstić information content (AvgIpc) is 2.15. The predicted molar refractivity (Wildman–Crippen MR) is 46.4 cm³/mol. The topological polar surface area (TPSA) is 34.1 Å². The highest BCUT2D eigenvalue weighted by Crippen LogP contribution is 2.20. The SMILES string of the molecule is O=C(CC(=O)C(F)(F)F)c1ccc(F)cc1F. The Morgan fingerprint density at radius 2 is 1.71 bits per heavy atom. The molecule has 0 aromatic heterocycles. The number of Topliss-reactive ketones (excluding diaryl/α,β-unsaturated/α-hetero) is 2. The van der Waals surface area contributed by atoms with Crippen LogP contribution < -0.4 is 0 Å². The molecule has 17 heavy (non-hydrogen) atoms. The maximum absolute atomic E-state index is 13.0. The van der Waals surface area contributed by atoms with Gasteiger partial charge in [-0.1, -0.05) is 0 Å². The van der Waals surface area contributed by atoms with E-state index < -0.39 is 41.4 Å². The molecule has 0 aliphatic carbocycles. The standard InChI is InChI=1S/C10H5F5O2/c11-5-1-2-6(7(12)3-5)8(16)4-9(17)10(13,14)15/h1-3H,4H2. The van der Waals surface area contributed by atoms with Gasteiger partial charge in [-0.3, -0.25) is 9.59 Å². The molecule has 0 radical (unpaired) electrons. The van der Waals surface area contributed by atoms with Crippen molar-refractivity contribution in [1.29, 1.82) is 0 Å². The van der Waals surface area contributed by atoms with E-state index in [-0.39, 0.29) is 0 Å². The van der Waals surface area contributed by atoms with Gasteiger partial charge in [-0.15, -0.1) is 0 Å². The van der Waals surface area contributed by atoms with E-state index in [4.69, 9.17) is 0 Å². The number of benzene rings is 1. The van der Waals surface area contributed by atoms with Crippen molar-refractivity contribution in [3.63, 3.8) is 0 Å². The van der Waals surface area contributed by atoms with Gasteiger partial charge in [0.15, 0.2) is 5.78 Å². The zero-order valence-electron chi connectivity index (χ0n) is 8.15. The first-order valence-electron chi connectivity index (χ1n) is 4.30. The molecule has 92 valence electrons. The molecule has 0 spiro atoms. The molecule has 0 amide bonds. The van der Waals surface area contributed by atoms with Gasteiger partial charge in [-0.2, -0.15) is 13.2 Å². The maximum Gasteiger partial charge on any atom is 0.450 e. The van der Waals surface area contributed by atoms with Gasteiger partial charge in [0, 0.05) is 6.07 Å². The number of ketones is 2. The van der Waals surface area contributed by atoms with Crippen molar-refractivity contribution in [2.24, 2.45) is 0 Å². The van der Waals surface area contributed by atoms with E-state index in [0.29, 0.717) is 18.2 Å². The van der Waals surface area contributed by atoms with Crippen molar-refractivity contribution in [2.45, 2.75) is 12.6 Å². The van der Waals surface area contributed by atoms with E-state index in [2.05, 4.69) is 0 Å². The molecule has 0 N–H and O–H groups in total. The zero-order valence-corrected chi connectivity index (χ0v) is 8.15. The van der Waals surface area contributed by atoms with Crippen LogP contribution in [0.15, 0.2) is 18.2 Å². The van der Waals surface area contributed by atoms with Crippen molar-refractivity contribution in [3.05, 3.63) is 35.4 Å². The number of carbonyl (C=O) groups is 2. The third-order valence-electron chi connectivity index (χ3n) is 1.87. The van der Waals surface area contributed by atoms with Crippen molar-refractivity contribution in [1.82, 2.24) is 0 Å². The monoisotopic (exact) mass is 252 g/mol. The summed E-state index contributed by atoms with van der Waals surface area (Å²) < 4.78 is 61.0. The molecule has 0 aliphatic rings.